The standard InChI is InChI=1S/C16H20O2/c1-16(2)10-12(9-14(17)11-16)8-13-6-4-5-7-15(13)18-3/h4-7,9H,8,10-11H2,1-3H3. The zero-order chi connectivity index (χ0) is 13.2. The highest BCUT2D eigenvalue weighted by atomic mass is 16.5. The second kappa shape index (κ2) is 4.97. The van der Waals surface area contributed by atoms with Crippen LogP contribution in [0.3, 0.4) is 0 Å². The van der Waals surface area contributed by atoms with E-state index in [1.807, 2.05) is 24.3 Å². The Hall–Kier alpha value is -1.57. The molecule has 96 valence electrons. The number of rotatable bonds is 3. The van der Waals surface area contributed by atoms with Gasteiger partial charge >= 0.3 is 0 Å². The van der Waals surface area contributed by atoms with Crippen molar-refractivity contribution < 1.29 is 9.53 Å². The van der Waals surface area contributed by atoms with Crippen molar-refractivity contribution in [2.45, 2.75) is 33.1 Å². The normalized spacial score (nSPS) is 18.4. The van der Waals surface area contributed by atoms with Crippen LogP contribution in [0.2, 0.25) is 0 Å². The van der Waals surface area contributed by atoms with Crippen LogP contribution in [0.4, 0.5) is 0 Å². The molecule has 1 aliphatic carbocycles. The number of allylic oxidation sites excluding steroid dienone is 2. The second-order valence-corrected chi connectivity index (χ2v) is 5.78. The average Bonchev–Trinajstić information content (AvgIpc) is 2.27. The Kier molecular flexibility index (Phi) is 3.55. The van der Waals surface area contributed by atoms with E-state index in [1.54, 1.807) is 7.11 Å². The summed E-state index contributed by atoms with van der Waals surface area (Å²) in [6, 6.07) is 8.00. The van der Waals surface area contributed by atoms with Gasteiger partial charge in [-0.1, -0.05) is 37.6 Å². The minimum atomic E-state index is 0.0865. The van der Waals surface area contributed by atoms with E-state index in [0.29, 0.717) is 6.42 Å². The van der Waals surface area contributed by atoms with Crippen molar-refractivity contribution in [1.82, 2.24) is 0 Å². The van der Waals surface area contributed by atoms with Gasteiger partial charge in [0.15, 0.2) is 5.78 Å². The molecule has 0 heterocycles. The summed E-state index contributed by atoms with van der Waals surface area (Å²) in [6.45, 7) is 4.31. The Morgan fingerprint density at radius 2 is 1.94 bits per heavy atom. The highest BCUT2D eigenvalue weighted by molar-refractivity contribution is 5.91. The lowest BCUT2D eigenvalue weighted by Gasteiger charge is -2.29. The third-order valence-electron chi connectivity index (χ3n) is 3.33. The molecule has 0 atom stereocenters. The van der Waals surface area contributed by atoms with Crippen molar-refractivity contribution in [3.05, 3.63) is 41.5 Å². The lowest BCUT2D eigenvalue weighted by Crippen LogP contribution is -2.22. The van der Waals surface area contributed by atoms with Crippen molar-refractivity contribution in [3.63, 3.8) is 0 Å². The summed E-state index contributed by atoms with van der Waals surface area (Å²) in [5.41, 5.74) is 2.45. The quantitative estimate of drug-likeness (QED) is 0.812. The van der Waals surface area contributed by atoms with Gasteiger partial charge in [-0.15, -0.1) is 0 Å². The van der Waals surface area contributed by atoms with E-state index in [-0.39, 0.29) is 11.2 Å². The zero-order valence-electron chi connectivity index (χ0n) is 11.3. The van der Waals surface area contributed by atoms with E-state index >= 15 is 0 Å². The van der Waals surface area contributed by atoms with Crippen molar-refractivity contribution >= 4 is 5.78 Å². The average molecular weight is 244 g/mol. The Morgan fingerprint density at radius 3 is 2.61 bits per heavy atom. The van der Waals surface area contributed by atoms with Gasteiger partial charge in [0.05, 0.1) is 7.11 Å². The highest BCUT2D eigenvalue weighted by Crippen LogP contribution is 2.35. The molecule has 2 nitrogen and oxygen atoms in total. The number of ketones is 1. The van der Waals surface area contributed by atoms with E-state index in [2.05, 4.69) is 19.9 Å². The van der Waals surface area contributed by atoms with Crippen LogP contribution in [-0.4, -0.2) is 12.9 Å². The topological polar surface area (TPSA) is 26.3 Å². The Labute approximate surface area is 109 Å². The number of benzene rings is 1. The molecule has 0 fully saturated rings. The van der Waals surface area contributed by atoms with E-state index < -0.39 is 0 Å². The van der Waals surface area contributed by atoms with Crippen LogP contribution in [0.15, 0.2) is 35.9 Å². The lowest BCUT2D eigenvalue weighted by atomic mass is 9.75. The summed E-state index contributed by atoms with van der Waals surface area (Å²) < 4.78 is 5.35. The zero-order valence-corrected chi connectivity index (χ0v) is 11.3. The number of ether oxygens (including phenoxy) is 1. The van der Waals surface area contributed by atoms with E-state index in [1.165, 1.54) is 5.57 Å². The molecule has 0 aromatic heterocycles. The van der Waals surface area contributed by atoms with Gasteiger partial charge in [0.1, 0.15) is 5.75 Å². The second-order valence-electron chi connectivity index (χ2n) is 5.78. The Balaban J connectivity index is 2.21. The van der Waals surface area contributed by atoms with Crippen LogP contribution in [0.5, 0.6) is 5.75 Å². The van der Waals surface area contributed by atoms with Crippen LogP contribution >= 0.6 is 0 Å². The number of methoxy groups -OCH3 is 1. The molecule has 1 aromatic carbocycles. The fourth-order valence-electron chi connectivity index (χ4n) is 2.69. The number of carbonyl (C=O) groups excluding carboxylic acids is 1. The first-order valence-corrected chi connectivity index (χ1v) is 6.34. The molecular weight excluding hydrogens is 224 g/mol. The molecule has 0 N–H and O–H groups in total. The lowest BCUT2D eigenvalue weighted by molar-refractivity contribution is -0.117. The van der Waals surface area contributed by atoms with E-state index in [0.717, 1.165) is 24.2 Å². The first-order valence-electron chi connectivity index (χ1n) is 6.34. The van der Waals surface area contributed by atoms with Gasteiger partial charge in [-0.05, 0) is 36.0 Å². The van der Waals surface area contributed by atoms with Crippen LogP contribution in [-0.2, 0) is 11.2 Å². The van der Waals surface area contributed by atoms with E-state index in [4.69, 9.17) is 4.74 Å². The third kappa shape index (κ3) is 3.00. The molecule has 2 heteroatoms. The van der Waals surface area contributed by atoms with Gasteiger partial charge in [0.25, 0.3) is 0 Å². The van der Waals surface area contributed by atoms with Gasteiger partial charge < -0.3 is 4.74 Å². The predicted octanol–water partition coefficient (Wildman–Crippen LogP) is 3.55. The predicted molar refractivity (Wildman–Crippen MR) is 72.8 cm³/mol. The smallest absolute Gasteiger partial charge is 0.156 e. The van der Waals surface area contributed by atoms with Crippen LogP contribution in [0, 0.1) is 5.41 Å². The number of hydrogen-bond acceptors (Lipinski definition) is 2. The SMILES string of the molecule is COc1ccccc1CC1=CC(=O)CC(C)(C)C1. The summed E-state index contributed by atoms with van der Waals surface area (Å²) in [6.07, 6.45) is 4.26. The molecule has 0 saturated carbocycles. The summed E-state index contributed by atoms with van der Waals surface area (Å²) in [5, 5.41) is 0. The number of para-hydroxylation sites is 1. The number of hydrogen-bond donors (Lipinski definition) is 0. The highest BCUT2D eigenvalue weighted by Gasteiger charge is 2.27. The molecule has 0 amide bonds. The van der Waals surface area contributed by atoms with Gasteiger partial charge in [-0.3, -0.25) is 4.79 Å². The molecule has 0 aliphatic heterocycles. The Morgan fingerprint density at radius 1 is 1.22 bits per heavy atom. The minimum absolute atomic E-state index is 0.0865. The molecule has 0 saturated heterocycles. The maximum absolute atomic E-state index is 11.7. The summed E-state index contributed by atoms with van der Waals surface area (Å²) in [7, 11) is 1.68. The largest absolute Gasteiger partial charge is 0.496 e. The third-order valence-corrected chi connectivity index (χ3v) is 3.33. The Bertz CT molecular complexity index is 484. The molecule has 0 unspecified atom stereocenters. The van der Waals surface area contributed by atoms with E-state index in [9.17, 15) is 4.79 Å². The molecule has 1 aliphatic rings. The monoisotopic (exact) mass is 244 g/mol. The molecule has 18 heavy (non-hydrogen) atoms. The fourth-order valence-corrected chi connectivity index (χ4v) is 2.69. The molecule has 1 aromatic rings. The fraction of sp³-hybridized carbons (Fsp3) is 0.438. The first kappa shape index (κ1) is 12.9. The first-order chi connectivity index (χ1) is 8.50. The molecule has 0 radical (unpaired) electrons. The van der Waals surface area contributed by atoms with Gasteiger partial charge in [0.2, 0.25) is 0 Å². The maximum Gasteiger partial charge on any atom is 0.156 e. The maximum atomic E-state index is 11.7. The van der Waals surface area contributed by atoms with Crippen molar-refractivity contribution in [1.29, 1.82) is 0 Å². The summed E-state index contributed by atoms with van der Waals surface area (Å²) >= 11 is 0. The minimum Gasteiger partial charge on any atom is -0.496 e. The van der Waals surface area contributed by atoms with Crippen molar-refractivity contribution in [3.8, 4) is 5.75 Å². The van der Waals surface area contributed by atoms with Crippen LogP contribution in [0.1, 0.15) is 32.3 Å². The van der Waals surface area contributed by atoms with Crippen molar-refractivity contribution in [2.24, 2.45) is 5.41 Å². The summed E-state index contributed by atoms with van der Waals surface area (Å²) in [4.78, 5) is 11.7. The number of carbonyl (C=O) groups is 1. The van der Waals surface area contributed by atoms with Crippen LogP contribution < -0.4 is 4.74 Å². The van der Waals surface area contributed by atoms with Gasteiger partial charge in [-0.2, -0.15) is 0 Å². The molecule has 2 rings (SSSR count). The summed E-state index contributed by atoms with van der Waals surface area (Å²) in [5.74, 6) is 1.14. The molecule has 0 spiro atoms. The molecule has 0 bridgehead atoms. The van der Waals surface area contributed by atoms with Gasteiger partial charge in [-0.25, -0.2) is 0 Å². The van der Waals surface area contributed by atoms with Crippen molar-refractivity contribution in [2.75, 3.05) is 7.11 Å². The van der Waals surface area contributed by atoms with Gasteiger partial charge in [0, 0.05) is 6.42 Å². The van der Waals surface area contributed by atoms with Crippen LogP contribution in [0.25, 0.3) is 0 Å². The molecular formula is C16H20O2.